The van der Waals surface area contributed by atoms with Crippen molar-refractivity contribution in [1.29, 1.82) is 0 Å². The van der Waals surface area contributed by atoms with Gasteiger partial charge >= 0.3 is 0 Å². The van der Waals surface area contributed by atoms with Crippen LogP contribution in [0.2, 0.25) is 5.02 Å². The highest BCUT2D eigenvalue weighted by Crippen LogP contribution is 2.39. The minimum absolute atomic E-state index is 0.0992. The number of ether oxygens (including phenoxy) is 2. The van der Waals surface area contributed by atoms with E-state index in [9.17, 15) is 4.79 Å². The lowest BCUT2D eigenvalue weighted by atomic mass is 10.1. The Bertz CT molecular complexity index is 1010. The summed E-state index contributed by atoms with van der Waals surface area (Å²) in [6, 6.07) is 15.0. The molecule has 2 heterocycles. The van der Waals surface area contributed by atoms with Gasteiger partial charge in [-0.15, -0.1) is 11.3 Å². The second-order valence-corrected chi connectivity index (χ2v) is 7.35. The highest BCUT2D eigenvalue weighted by Gasteiger charge is 2.30. The predicted molar refractivity (Wildman–Crippen MR) is 104 cm³/mol. The number of ketones is 1. The van der Waals surface area contributed by atoms with E-state index in [2.05, 4.69) is 0 Å². The molecule has 1 aliphatic rings. The van der Waals surface area contributed by atoms with E-state index in [4.69, 9.17) is 21.1 Å². The summed E-state index contributed by atoms with van der Waals surface area (Å²) < 4.78 is 11.8. The minimum atomic E-state index is -0.0992. The third-order valence-corrected chi connectivity index (χ3v) is 5.19. The Morgan fingerprint density at radius 1 is 1.19 bits per heavy atom. The van der Waals surface area contributed by atoms with Crippen LogP contribution < -0.4 is 9.47 Å². The van der Waals surface area contributed by atoms with Gasteiger partial charge in [0, 0.05) is 21.5 Å². The van der Waals surface area contributed by atoms with Crippen LogP contribution in [0.1, 0.15) is 26.4 Å². The molecule has 4 rings (SSSR count). The van der Waals surface area contributed by atoms with Crippen LogP contribution in [0.25, 0.3) is 6.08 Å². The van der Waals surface area contributed by atoms with Crippen molar-refractivity contribution >= 4 is 34.8 Å². The van der Waals surface area contributed by atoms with Crippen molar-refractivity contribution in [3.63, 3.8) is 0 Å². The van der Waals surface area contributed by atoms with Gasteiger partial charge in [0.05, 0.1) is 5.56 Å². The lowest BCUT2D eigenvalue weighted by Crippen LogP contribution is -1.98. The molecular weight excluding hydrogens is 368 g/mol. The molecule has 26 heavy (non-hydrogen) atoms. The molecular formula is C21H15ClO3S. The molecule has 0 aliphatic carbocycles. The summed E-state index contributed by atoms with van der Waals surface area (Å²) in [6.07, 6.45) is 1.78. The molecule has 0 atom stereocenters. The van der Waals surface area contributed by atoms with Gasteiger partial charge in [-0.2, -0.15) is 0 Å². The van der Waals surface area contributed by atoms with E-state index < -0.39 is 0 Å². The first-order valence-corrected chi connectivity index (χ1v) is 9.36. The van der Waals surface area contributed by atoms with Crippen LogP contribution in [-0.4, -0.2) is 5.78 Å². The van der Waals surface area contributed by atoms with E-state index in [1.54, 1.807) is 23.5 Å². The Kier molecular flexibility index (Phi) is 4.53. The number of carbonyl (C=O) groups excluding carboxylic acids is 1. The molecule has 2 aromatic carbocycles. The van der Waals surface area contributed by atoms with Crippen LogP contribution in [-0.2, 0) is 6.61 Å². The second kappa shape index (κ2) is 6.98. The van der Waals surface area contributed by atoms with Gasteiger partial charge in [0.25, 0.3) is 0 Å². The number of benzene rings is 2. The average molecular weight is 383 g/mol. The van der Waals surface area contributed by atoms with E-state index in [0.29, 0.717) is 34.5 Å². The SMILES string of the molecule is Cc1c(OCc2cccc(Cl)c2)ccc2c1O/C(=C\c1cccs1)C2=O. The molecule has 0 bridgehead atoms. The average Bonchev–Trinajstić information content (AvgIpc) is 3.24. The van der Waals surface area contributed by atoms with Crippen LogP contribution in [0.4, 0.5) is 0 Å². The molecule has 0 amide bonds. The predicted octanol–water partition coefficient (Wildman–Crippen LogP) is 5.91. The molecule has 3 nitrogen and oxygen atoms in total. The highest BCUT2D eigenvalue weighted by atomic mass is 35.5. The van der Waals surface area contributed by atoms with Gasteiger partial charge in [-0.25, -0.2) is 0 Å². The van der Waals surface area contributed by atoms with E-state index in [1.165, 1.54) is 0 Å². The van der Waals surface area contributed by atoms with Crippen molar-refractivity contribution in [2.75, 3.05) is 0 Å². The number of halogens is 1. The van der Waals surface area contributed by atoms with Gasteiger partial charge in [-0.05, 0) is 48.2 Å². The van der Waals surface area contributed by atoms with Crippen molar-refractivity contribution in [2.45, 2.75) is 13.5 Å². The number of carbonyl (C=O) groups is 1. The number of allylic oxidation sites excluding steroid dienone is 1. The first-order valence-electron chi connectivity index (χ1n) is 8.10. The molecule has 0 N–H and O–H groups in total. The zero-order chi connectivity index (χ0) is 18.1. The van der Waals surface area contributed by atoms with Crippen molar-refractivity contribution in [1.82, 2.24) is 0 Å². The summed E-state index contributed by atoms with van der Waals surface area (Å²) in [4.78, 5) is 13.5. The summed E-state index contributed by atoms with van der Waals surface area (Å²) in [6.45, 7) is 2.29. The maximum Gasteiger partial charge on any atom is 0.232 e. The van der Waals surface area contributed by atoms with Crippen LogP contribution in [0, 0.1) is 6.92 Å². The zero-order valence-electron chi connectivity index (χ0n) is 14.0. The monoisotopic (exact) mass is 382 g/mol. The molecule has 0 saturated carbocycles. The largest absolute Gasteiger partial charge is 0.488 e. The Morgan fingerprint density at radius 3 is 2.85 bits per heavy atom. The van der Waals surface area contributed by atoms with Gasteiger partial charge in [0.1, 0.15) is 18.1 Å². The number of thiophene rings is 1. The van der Waals surface area contributed by atoms with E-state index in [1.807, 2.05) is 54.8 Å². The fourth-order valence-electron chi connectivity index (χ4n) is 2.81. The molecule has 0 fully saturated rings. The maximum absolute atomic E-state index is 12.6. The van der Waals surface area contributed by atoms with Gasteiger partial charge in [0.15, 0.2) is 5.76 Å². The second-order valence-electron chi connectivity index (χ2n) is 5.94. The van der Waals surface area contributed by atoms with Crippen LogP contribution in [0.5, 0.6) is 11.5 Å². The number of hydrogen-bond donors (Lipinski definition) is 0. The Balaban J connectivity index is 1.58. The third kappa shape index (κ3) is 3.26. The van der Waals surface area contributed by atoms with E-state index in [-0.39, 0.29) is 5.78 Å². The molecule has 130 valence electrons. The van der Waals surface area contributed by atoms with Gasteiger partial charge in [-0.1, -0.05) is 29.8 Å². The standard InChI is InChI=1S/C21H15ClO3S/c1-13-18(24-12-14-4-2-5-15(22)10-14)8-7-17-20(23)19(25-21(13)17)11-16-6-3-9-26-16/h2-11H,12H2,1H3/b19-11-. The van der Waals surface area contributed by atoms with Crippen LogP contribution >= 0.6 is 22.9 Å². The summed E-state index contributed by atoms with van der Waals surface area (Å²) in [5.41, 5.74) is 2.36. The Labute approximate surface area is 160 Å². The first-order chi connectivity index (χ1) is 12.6. The fraction of sp³-hybridized carbons (Fsp3) is 0.0952. The Hall–Kier alpha value is -2.56. The lowest BCUT2D eigenvalue weighted by Gasteiger charge is -2.11. The number of fused-ring (bicyclic) bond motifs is 1. The topological polar surface area (TPSA) is 35.5 Å². The number of hydrogen-bond acceptors (Lipinski definition) is 4. The molecule has 0 saturated heterocycles. The summed E-state index contributed by atoms with van der Waals surface area (Å²) >= 11 is 7.57. The summed E-state index contributed by atoms with van der Waals surface area (Å²) in [5.74, 6) is 1.51. The van der Waals surface area contributed by atoms with Gasteiger partial charge in [0.2, 0.25) is 5.78 Å². The minimum Gasteiger partial charge on any atom is -0.488 e. The van der Waals surface area contributed by atoms with Crippen molar-refractivity contribution in [3.05, 3.63) is 86.3 Å². The maximum atomic E-state index is 12.6. The van der Waals surface area contributed by atoms with E-state index >= 15 is 0 Å². The molecule has 3 aromatic rings. The third-order valence-electron chi connectivity index (χ3n) is 4.14. The highest BCUT2D eigenvalue weighted by molar-refractivity contribution is 7.10. The Morgan fingerprint density at radius 2 is 2.08 bits per heavy atom. The normalized spacial score (nSPS) is 14.4. The molecule has 0 unspecified atom stereocenters. The molecule has 0 radical (unpaired) electrons. The molecule has 1 aromatic heterocycles. The van der Waals surface area contributed by atoms with Crippen LogP contribution in [0.3, 0.4) is 0 Å². The van der Waals surface area contributed by atoms with Gasteiger partial charge in [-0.3, -0.25) is 4.79 Å². The number of rotatable bonds is 4. The van der Waals surface area contributed by atoms with Crippen molar-refractivity contribution < 1.29 is 14.3 Å². The molecule has 5 heteroatoms. The summed E-state index contributed by atoms with van der Waals surface area (Å²) in [5, 5.41) is 2.64. The van der Waals surface area contributed by atoms with Gasteiger partial charge < -0.3 is 9.47 Å². The number of Topliss-reactive ketones (excluding diaryl/α,β-unsaturated/α-hetero) is 1. The molecule has 0 spiro atoms. The van der Waals surface area contributed by atoms with Crippen molar-refractivity contribution in [2.24, 2.45) is 0 Å². The van der Waals surface area contributed by atoms with Crippen molar-refractivity contribution in [3.8, 4) is 11.5 Å². The first kappa shape index (κ1) is 16.9. The smallest absolute Gasteiger partial charge is 0.232 e. The quantitative estimate of drug-likeness (QED) is 0.526. The molecule has 1 aliphatic heterocycles. The van der Waals surface area contributed by atoms with E-state index in [0.717, 1.165) is 16.0 Å². The fourth-order valence-corrected chi connectivity index (χ4v) is 3.67. The zero-order valence-corrected chi connectivity index (χ0v) is 15.6. The van der Waals surface area contributed by atoms with Crippen LogP contribution in [0.15, 0.2) is 59.7 Å². The summed E-state index contributed by atoms with van der Waals surface area (Å²) in [7, 11) is 0. The lowest BCUT2D eigenvalue weighted by molar-refractivity contribution is 0.101.